The van der Waals surface area contributed by atoms with E-state index in [-0.39, 0.29) is 36.1 Å². The fraction of sp³-hybridized carbons (Fsp3) is 0.611. The summed E-state index contributed by atoms with van der Waals surface area (Å²) >= 11 is 1.63. The number of nitrogens with zero attached hydrogens (tertiary/aromatic N) is 4. The van der Waals surface area contributed by atoms with Crippen molar-refractivity contribution in [1.82, 2.24) is 20.2 Å². The molecule has 0 aromatic carbocycles. The number of halogens is 2. The average Bonchev–Trinajstić information content (AvgIpc) is 3.17. The number of piperidine rings is 1. The lowest BCUT2D eigenvalue weighted by molar-refractivity contribution is -0.147. The van der Waals surface area contributed by atoms with E-state index < -0.39 is 0 Å². The van der Waals surface area contributed by atoms with Gasteiger partial charge in [0.15, 0.2) is 0 Å². The number of hydrogen-bond donors (Lipinski definition) is 1. The van der Waals surface area contributed by atoms with Crippen LogP contribution in [0.4, 0.5) is 5.82 Å². The molecular formula is C18H27Cl2N5O2S. The number of carbonyl (C=O) groups is 1. The number of anilines is 1. The van der Waals surface area contributed by atoms with E-state index >= 15 is 0 Å². The lowest BCUT2D eigenvalue weighted by Gasteiger charge is -2.43. The zero-order valence-electron chi connectivity index (χ0n) is 15.9. The molecule has 0 spiro atoms. The van der Waals surface area contributed by atoms with Crippen molar-refractivity contribution in [3.63, 3.8) is 0 Å². The van der Waals surface area contributed by atoms with Gasteiger partial charge in [-0.2, -0.15) is 0 Å². The van der Waals surface area contributed by atoms with Gasteiger partial charge in [0.25, 0.3) is 0 Å². The molecule has 0 atom stereocenters. The number of rotatable bonds is 4. The Morgan fingerprint density at radius 2 is 1.93 bits per heavy atom. The minimum Gasteiger partial charge on any atom is -0.384 e. The van der Waals surface area contributed by atoms with Crippen molar-refractivity contribution in [1.29, 1.82) is 0 Å². The van der Waals surface area contributed by atoms with Gasteiger partial charge in [0.1, 0.15) is 17.0 Å². The summed E-state index contributed by atoms with van der Waals surface area (Å²) < 4.78 is 5.42. The molecule has 4 heterocycles. The maximum atomic E-state index is 13.3. The molecule has 2 fully saturated rings. The van der Waals surface area contributed by atoms with E-state index in [0.717, 1.165) is 68.1 Å². The van der Waals surface area contributed by atoms with Gasteiger partial charge in [0.05, 0.1) is 17.4 Å². The predicted octanol–water partition coefficient (Wildman–Crippen LogP) is 2.20. The van der Waals surface area contributed by atoms with Crippen LogP contribution in [0.1, 0.15) is 12.8 Å². The fourth-order valence-corrected chi connectivity index (χ4v) is 4.81. The molecule has 2 aromatic heterocycles. The van der Waals surface area contributed by atoms with Crippen LogP contribution in [0.25, 0.3) is 10.2 Å². The molecule has 0 aliphatic carbocycles. The Bertz CT molecular complexity index is 771. The normalized spacial score (nSPS) is 19.0. The number of amides is 1. The number of thiophene rings is 1. The van der Waals surface area contributed by atoms with Crippen LogP contribution < -0.4 is 10.2 Å². The lowest BCUT2D eigenvalue weighted by Crippen LogP contribution is -2.56. The van der Waals surface area contributed by atoms with Gasteiger partial charge in [-0.15, -0.1) is 36.2 Å². The molecule has 7 nitrogen and oxygen atoms in total. The Hall–Kier alpha value is -1.19. The summed E-state index contributed by atoms with van der Waals surface area (Å²) in [4.78, 5) is 27.4. The van der Waals surface area contributed by atoms with Crippen LogP contribution in [0, 0.1) is 5.41 Å². The maximum Gasteiger partial charge on any atom is 0.231 e. The molecule has 0 radical (unpaired) electrons. The van der Waals surface area contributed by atoms with Gasteiger partial charge in [-0.05, 0) is 37.4 Å². The van der Waals surface area contributed by atoms with Gasteiger partial charge in [0, 0.05) is 33.3 Å². The monoisotopic (exact) mass is 447 g/mol. The minimum absolute atomic E-state index is 0. The highest BCUT2D eigenvalue weighted by molar-refractivity contribution is 7.16. The van der Waals surface area contributed by atoms with Crippen molar-refractivity contribution in [2.75, 3.05) is 57.9 Å². The van der Waals surface area contributed by atoms with Gasteiger partial charge in [-0.25, -0.2) is 9.97 Å². The predicted molar refractivity (Wildman–Crippen MR) is 117 cm³/mol. The Morgan fingerprint density at radius 3 is 2.61 bits per heavy atom. The summed E-state index contributed by atoms with van der Waals surface area (Å²) in [5.74, 6) is 1.24. The van der Waals surface area contributed by atoms with Crippen LogP contribution in [-0.2, 0) is 9.53 Å². The number of carbonyl (C=O) groups excluding carboxylic acids is 1. The van der Waals surface area contributed by atoms with Gasteiger partial charge >= 0.3 is 0 Å². The highest BCUT2D eigenvalue weighted by Crippen LogP contribution is 2.33. The van der Waals surface area contributed by atoms with Crippen molar-refractivity contribution in [2.24, 2.45) is 5.41 Å². The van der Waals surface area contributed by atoms with Gasteiger partial charge < -0.3 is 19.9 Å². The maximum absolute atomic E-state index is 13.3. The largest absolute Gasteiger partial charge is 0.384 e. The topological polar surface area (TPSA) is 70.6 Å². The third-order valence-electron chi connectivity index (χ3n) is 5.54. The van der Waals surface area contributed by atoms with Crippen LogP contribution in [0.15, 0.2) is 17.8 Å². The second-order valence-electron chi connectivity index (χ2n) is 7.08. The van der Waals surface area contributed by atoms with Crippen molar-refractivity contribution in [3.8, 4) is 0 Å². The first kappa shape index (κ1) is 23.1. The van der Waals surface area contributed by atoms with Crippen LogP contribution >= 0.6 is 36.2 Å². The summed E-state index contributed by atoms with van der Waals surface area (Å²) in [5, 5.41) is 6.50. The highest BCUT2D eigenvalue weighted by Gasteiger charge is 2.42. The van der Waals surface area contributed by atoms with E-state index in [4.69, 9.17) is 4.74 Å². The quantitative estimate of drug-likeness (QED) is 0.774. The van der Waals surface area contributed by atoms with Crippen molar-refractivity contribution < 1.29 is 9.53 Å². The van der Waals surface area contributed by atoms with E-state index in [1.165, 1.54) is 0 Å². The molecule has 0 bridgehead atoms. The van der Waals surface area contributed by atoms with E-state index in [0.29, 0.717) is 6.61 Å². The summed E-state index contributed by atoms with van der Waals surface area (Å²) in [7, 11) is 1.69. The first-order valence-electron chi connectivity index (χ1n) is 9.16. The van der Waals surface area contributed by atoms with Gasteiger partial charge in [0.2, 0.25) is 5.91 Å². The minimum atomic E-state index is -0.363. The third kappa shape index (κ3) is 4.36. The Morgan fingerprint density at radius 1 is 1.21 bits per heavy atom. The number of hydrogen-bond acceptors (Lipinski definition) is 7. The van der Waals surface area contributed by atoms with Crippen molar-refractivity contribution >= 4 is 58.1 Å². The van der Waals surface area contributed by atoms with Crippen LogP contribution in [-0.4, -0.2) is 73.8 Å². The van der Waals surface area contributed by atoms with E-state index in [1.807, 2.05) is 10.3 Å². The Kier molecular flexibility index (Phi) is 8.27. The molecule has 2 aliphatic rings. The van der Waals surface area contributed by atoms with E-state index in [1.54, 1.807) is 24.8 Å². The molecule has 156 valence electrons. The van der Waals surface area contributed by atoms with Crippen LogP contribution in [0.3, 0.4) is 0 Å². The second kappa shape index (κ2) is 10.0. The zero-order valence-corrected chi connectivity index (χ0v) is 18.4. The molecule has 1 amide bonds. The zero-order chi connectivity index (χ0) is 18.0. The highest BCUT2D eigenvalue weighted by atomic mass is 35.5. The number of aromatic nitrogens is 2. The number of methoxy groups -OCH3 is 1. The Labute approximate surface area is 181 Å². The fourth-order valence-electron chi connectivity index (χ4n) is 4.09. The molecule has 1 N–H and O–H groups in total. The van der Waals surface area contributed by atoms with E-state index in [9.17, 15) is 4.79 Å². The van der Waals surface area contributed by atoms with Crippen molar-refractivity contribution in [3.05, 3.63) is 17.8 Å². The third-order valence-corrected chi connectivity index (χ3v) is 6.36. The van der Waals surface area contributed by atoms with E-state index in [2.05, 4.69) is 26.3 Å². The molecule has 2 aliphatic heterocycles. The summed E-state index contributed by atoms with van der Waals surface area (Å²) in [6.45, 7) is 5.33. The molecule has 0 saturated carbocycles. The Balaban J connectivity index is 0.00000140. The lowest BCUT2D eigenvalue weighted by atomic mass is 9.78. The number of nitrogens with one attached hydrogen (secondary N) is 1. The molecule has 0 unspecified atom stereocenters. The molecule has 10 heteroatoms. The first-order valence-corrected chi connectivity index (χ1v) is 10.0. The molecule has 4 rings (SSSR count). The summed E-state index contributed by atoms with van der Waals surface area (Å²) in [6.07, 6.45) is 3.33. The van der Waals surface area contributed by atoms with Gasteiger partial charge in [-0.3, -0.25) is 4.79 Å². The number of piperazine rings is 1. The van der Waals surface area contributed by atoms with Crippen LogP contribution in [0.2, 0.25) is 0 Å². The molecule has 2 aromatic rings. The van der Waals surface area contributed by atoms with Crippen LogP contribution in [0.5, 0.6) is 0 Å². The smallest absolute Gasteiger partial charge is 0.231 e. The number of fused-ring (bicyclic) bond motifs is 1. The molecule has 2 saturated heterocycles. The number of ether oxygens (including phenoxy) is 1. The SMILES string of the molecule is COCC1(C(=O)N2CCN(c3ncnc4sccc34)CC2)CCNCC1.Cl.Cl. The summed E-state index contributed by atoms with van der Waals surface area (Å²) in [5.41, 5.74) is -0.363. The van der Waals surface area contributed by atoms with Gasteiger partial charge in [-0.1, -0.05) is 0 Å². The molecular weight excluding hydrogens is 421 g/mol. The average molecular weight is 448 g/mol. The summed E-state index contributed by atoms with van der Waals surface area (Å²) in [6, 6.07) is 2.08. The molecule has 28 heavy (non-hydrogen) atoms. The first-order chi connectivity index (χ1) is 12.7. The second-order valence-corrected chi connectivity index (χ2v) is 7.97. The standard InChI is InChI=1S/C18H25N5O2S.2ClH/c1-25-12-18(3-5-19-6-4-18)17(24)23-9-7-22(8-10-23)15-14-2-11-26-16(14)21-13-20-15;;/h2,11,13,19H,3-10,12H2,1H3;2*1H. The van der Waals surface area contributed by atoms with Crippen molar-refractivity contribution in [2.45, 2.75) is 12.8 Å².